The van der Waals surface area contributed by atoms with Gasteiger partial charge >= 0.3 is 5.97 Å². The topological polar surface area (TPSA) is 46.5 Å². The molecule has 80 valence electrons. The molecule has 0 fully saturated rings. The smallest absolute Gasteiger partial charge is 0.339 e. The molecule has 1 aliphatic heterocycles. The standard InChI is InChI=1S/C9H12Br2O3/c1-3-4-5(10)6-7(11)9(2,13)14-8(6)12/h5,13H,3-4H2,1-2H3/t5-,9-/m0/s1. The van der Waals surface area contributed by atoms with E-state index in [1.54, 1.807) is 0 Å². The third-order valence-electron chi connectivity index (χ3n) is 2.01. The van der Waals surface area contributed by atoms with Gasteiger partial charge in [-0.3, -0.25) is 0 Å². The number of rotatable bonds is 3. The summed E-state index contributed by atoms with van der Waals surface area (Å²) in [6, 6.07) is 0. The molecule has 0 aromatic heterocycles. The first kappa shape index (κ1) is 12.2. The van der Waals surface area contributed by atoms with Gasteiger partial charge in [0.25, 0.3) is 0 Å². The lowest BCUT2D eigenvalue weighted by molar-refractivity contribution is -0.173. The van der Waals surface area contributed by atoms with Gasteiger partial charge in [0.05, 0.1) is 10.1 Å². The number of carbonyl (C=O) groups excluding carboxylic acids is 1. The van der Waals surface area contributed by atoms with Crippen LogP contribution in [-0.2, 0) is 9.53 Å². The molecule has 0 aliphatic carbocycles. The normalized spacial score (nSPS) is 29.4. The van der Waals surface area contributed by atoms with Gasteiger partial charge in [-0.1, -0.05) is 29.3 Å². The third kappa shape index (κ3) is 2.20. The van der Waals surface area contributed by atoms with Gasteiger partial charge in [0, 0.05) is 11.8 Å². The Balaban J connectivity index is 2.96. The third-order valence-corrected chi connectivity index (χ3v) is 4.09. The fourth-order valence-corrected chi connectivity index (χ4v) is 2.98. The lowest BCUT2D eigenvalue weighted by Crippen LogP contribution is -2.24. The minimum absolute atomic E-state index is 0.0663. The highest BCUT2D eigenvalue weighted by Crippen LogP contribution is 2.39. The van der Waals surface area contributed by atoms with E-state index in [1.165, 1.54) is 6.92 Å². The van der Waals surface area contributed by atoms with Gasteiger partial charge in [0.1, 0.15) is 0 Å². The zero-order valence-electron chi connectivity index (χ0n) is 8.01. The average molecular weight is 328 g/mol. The summed E-state index contributed by atoms with van der Waals surface area (Å²) in [4.78, 5) is 11.4. The van der Waals surface area contributed by atoms with Gasteiger partial charge in [-0.2, -0.15) is 0 Å². The Morgan fingerprint density at radius 2 is 2.21 bits per heavy atom. The number of hydrogen-bond donors (Lipinski definition) is 1. The molecule has 0 aromatic carbocycles. The molecule has 0 amide bonds. The fourth-order valence-electron chi connectivity index (χ4n) is 1.28. The molecule has 1 aliphatic rings. The number of cyclic esters (lactones) is 1. The van der Waals surface area contributed by atoms with Crippen LogP contribution in [0.4, 0.5) is 0 Å². The number of esters is 1. The van der Waals surface area contributed by atoms with Crippen LogP contribution in [0.1, 0.15) is 26.7 Å². The highest BCUT2D eigenvalue weighted by molar-refractivity contribution is 9.12. The number of ether oxygens (including phenoxy) is 1. The Kier molecular flexibility index (Phi) is 3.77. The van der Waals surface area contributed by atoms with Crippen LogP contribution in [0.2, 0.25) is 0 Å². The summed E-state index contributed by atoms with van der Waals surface area (Å²) < 4.78 is 5.23. The first-order valence-corrected chi connectivity index (χ1v) is 6.11. The Labute approximate surface area is 99.8 Å². The highest BCUT2D eigenvalue weighted by atomic mass is 79.9. The highest BCUT2D eigenvalue weighted by Gasteiger charge is 2.43. The van der Waals surface area contributed by atoms with Crippen LogP contribution in [0.5, 0.6) is 0 Å². The predicted molar refractivity (Wildman–Crippen MR) is 60.3 cm³/mol. The average Bonchev–Trinajstić information content (AvgIpc) is 2.22. The summed E-state index contributed by atoms with van der Waals surface area (Å²) in [5.41, 5.74) is 0.483. The molecule has 3 nitrogen and oxygen atoms in total. The maximum absolute atomic E-state index is 11.4. The summed E-state index contributed by atoms with van der Waals surface area (Å²) in [7, 11) is 0. The molecule has 0 saturated heterocycles. The van der Waals surface area contributed by atoms with Crippen molar-refractivity contribution in [2.75, 3.05) is 0 Å². The van der Waals surface area contributed by atoms with E-state index >= 15 is 0 Å². The van der Waals surface area contributed by atoms with Gasteiger partial charge in [0.15, 0.2) is 0 Å². The van der Waals surface area contributed by atoms with E-state index in [0.717, 1.165) is 12.8 Å². The molecule has 0 saturated carbocycles. The van der Waals surface area contributed by atoms with Crippen molar-refractivity contribution < 1.29 is 14.6 Å². The number of carbonyl (C=O) groups is 1. The predicted octanol–water partition coefficient (Wildman–Crippen LogP) is 2.46. The molecular weight excluding hydrogens is 316 g/mol. The van der Waals surface area contributed by atoms with E-state index in [4.69, 9.17) is 4.74 Å². The van der Waals surface area contributed by atoms with Crippen LogP contribution in [0, 0.1) is 0 Å². The van der Waals surface area contributed by atoms with Crippen LogP contribution in [-0.4, -0.2) is 21.7 Å². The summed E-state index contributed by atoms with van der Waals surface area (Å²) >= 11 is 6.59. The fraction of sp³-hybridized carbons (Fsp3) is 0.667. The molecular formula is C9H12Br2O3. The van der Waals surface area contributed by atoms with Crippen molar-refractivity contribution in [3.63, 3.8) is 0 Å². The van der Waals surface area contributed by atoms with E-state index in [-0.39, 0.29) is 4.83 Å². The van der Waals surface area contributed by atoms with Crippen LogP contribution < -0.4 is 0 Å². The van der Waals surface area contributed by atoms with Crippen LogP contribution in [0.15, 0.2) is 10.1 Å². The Hall–Kier alpha value is 0.130. The molecule has 14 heavy (non-hydrogen) atoms. The molecule has 0 spiro atoms. The van der Waals surface area contributed by atoms with Crippen LogP contribution in [0.3, 0.4) is 0 Å². The number of alkyl halides is 1. The molecule has 1 N–H and O–H groups in total. The summed E-state index contributed by atoms with van der Waals surface area (Å²) in [5.74, 6) is -1.97. The minimum atomic E-state index is -1.51. The maximum Gasteiger partial charge on any atom is 0.339 e. The second-order valence-electron chi connectivity index (χ2n) is 3.36. The second kappa shape index (κ2) is 4.33. The van der Waals surface area contributed by atoms with Crippen molar-refractivity contribution in [2.45, 2.75) is 37.3 Å². The zero-order chi connectivity index (χ0) is 10.9. The molecule has 2 atom stereocenters. The number of aliphatic hydroxyl groups is 1. The molecule has 0 radical (unpaired) electrons. The summed E-state index contributed by atoms with van der Waals surface area (Å²) in [6.45, 7) is 3.47. The largest absolute Gasteiger partial charge is 0.425 e. The Morgan fingerprint density at radius 1 is 1.64 bits per heavy atom. The van der Waals surface area contributed by atoms with E-state index < -0.39 is 11.8 Å². The maximum atomic E-state index is 11.4. The molecule has 1 heterocycles. The van der Waals surface area contributed by atoms with Crippen molar-refractivity contribution in [1.82, 2.24) is 0 Å². The van der Waals surface area contributed by atoms with Crippen molar-refractivity contribution in [3.8, 4) is 0 Å². The van der Waals surface area contributed by atoms with Crippen molar-refractivity contribution in [2.24, 2.45) is 0 Å². The van der Waals surface area contributed by atoms with E-state index in [1.807, 2.05) is 6.92 Å². The lowest BCUT2D eigenvalue weighted by atomic mass is 10.1. The second-order valence-corrected chi connectivity index (χ2v) is 5.25. The molecule has 0 unspecified atom stereocenters. The Morgan fingerprint density at radius 3 is 2.57 bits per heavy atom. The van der Waals surface area contributed by atoms with Crippen molar-refractivity contribution in [1.29, 1.82) is 0 Å². The van der Waals surface area contributed by atoms with Crippen molar-refractivity contribution in [3.05, 3.63) is 10.1 Å². The van der Waals surface area contributed by atoms with Crippen LogP contribution >= 0.6 is 31.9 Å². The zero-order valence-corrected chi connectivity index (χ0v) is 11.2. The van der Waals surface area contributed by atoms with Crippen LogP contribution in [0.25, 0.3) is 0 Å². The molecule has 5 heteroatoms. The monoisotopic (exact) mass is 326 g/mol. The summed E-state index contributed by atoms with van der Waals surface area (Å²) in [6.07, 6.45) is 1.78. The number of hydrogen-bond acceptors (Lipinski definition) is 3. The minimum Gasteiger partial charge on any atom is -0.425 e. The first-order valence-electron chi connectivity index (χ1n) is 4.40. The van der Waals surface area contributed by atoms with Gasteiger partial charge in [-0.25, -0.2) is 4.79 Å². The van der Waals surface area contributed by atoms with E-state index in [0.29, 0.717) is 10.1 Å². The van der Waals surface area contributed by atoms with Gasteiger partial charge in [-0.05, 0) is 22.4 Å². The van der Waals surface area contributed by atoms with Gasteiger partial charge < -0.3 is 9.84 Å². The molecule has 0 aromatic rings. The molecule has 0 bridgehead atoms. The number of halogens is 2. The van der Waals surface area contributed by atoms with E-state index in [2.05, 4.69) is 31.9 Å². The SMILES string of the molecule is CCC[C@H](Br)C1=C(Br)[C@@](C)(O)OC1=O. The van der Waals surface area contributed by atoms with E-state index in [9.17, 15) is 9.90 Å². The molecule has 1 rings (SSSR count). The summed E-state index contributed by atoms with van der Waals surface area (Å²) in [5, 5.41) is 9.65. The Bertz CT molecular complexity index is 284. The lowest BCUT2D eigenvalue weighted by Gasteiger charge is -2.14. The van der Waals surface area contributed by atoms with Gasteiger partial charge in [0.2, 0.25) is 5.79 Å². The van der Waals surface area contributed by atoms with Crippen molar-refractivity contribution >= 4 is 37.8 Å². The quantitative estimate of drug-likeness (QED) is 0.640. The first-order chi connectivity index (χ1) is 6.40. The van der Waals surface area contributed by atoms with Gasteiger partial charge in [-0.15, -0.1) is 0 Å².